The van der Waals surface area contributed by atoms with Gasteiger partial charge in [-0.1, -0.05) is 75.4 Å². The Labute approximate surface area is 291 Å². The van der Waals surface area contributed by atoms with Crippen molar-refractivity contribution in [3.8, 4) is 5.75 Å². The number of aliphatic hydroxyl groups is 1. The first kappa shape index (κ1) is 41.1. The average Bonchev–Trinajstić information content (AvgIpc) is 3.00. The fourth-order valence-electron chi connectivity index (χ4n) is 5.25. The number of nitrogens with zero attached hydrogens (tertiary/aromatic N) is 1. The highest BCUT2D eigenvalue weighted by atomic mass is 16.6. The van der Waals surface area contributed by atoms with Gasteiger partial charge in [0.25, 0.3) is 0 Å². The third kappa shape index (κ3) is 14.5. The van der Waals surface area contributed by atoms with Crippen LogP contribution in [0.3, 0.4) is 0 Å². The predicted molar refractivity (Wildman–Crippen MR) is 189 cm³/mol. The van der Waals surface area contributed by atoms with Crippen LogP contribution in [0.2, 0.25) is 0 Å². The normalized spacial score (nSPS) is 13.5. The molecule has 3 unspecified atom stereocenters. The highest BCUT2D eigenvalue weighted by molar-refractivity contribution is 5.94. The van der Waals surface area contributed by atoms with Gasteiger partial charge in [-0.15, -0.1) is 0 Å². The van der Waals surface area contributed by atoms with E-state index in [2.05, 4.69) is 17.6 Å². The van der Waals surface area contributed by atoms with E-state index in [1.54, 1.807) is 60.6 Å². The lowest BCUT2D eigenvalue weighted by Gasteiger charge is -2.35. The number of benzene rings is 2. The van der Waals surface area contributed by atoms with Crippen LogP contribution in [-0.2, 0) is 30.3 Å². The van der Waals surface area contributed by atoms with Crippen LogP contribution in [0.5, 0.6) is 5.75 Å². The van der Waals surface area contributed by atoms with E-state index in [1.165, 1.54) is 11.0 Å². The maximum Gasteiger partial charge on any atom is 0.408 e. The number of hydrogen-bond acceptors (Lipinski definition) is 8. The number of carbonyl (C=O) groups is 4. The summed E-state index contributed by atoms with van der Waals surface area (Å²) in [6, 6.07) is 9.97. The number of aryl methyl sites for hydroxylation is 1. The molecule has 0 radical (unpaired) electrons. The van der Waals surface area contributed by atoms with Crippen molar-refractivity contribution in [1.29, 1.82) is 0 Å². The fourth-order valence-corrected chi connectivity index (χ4v) is 5.25. The molecule has 11 nitrogen and oxygen atoms in total. The number of aromatic hydroxyl groups is 1. The van der Waals surface area contributed by atoms with Gasteiger partial charge in [0.05, 0.1) is 6.61 Å². The number of phenolic OH excluding ortho intramolecular Hbond substituents is 1. The van der Waals surface area contributed by atoms with E-state index >= 15 is 0 Å². The highest BCUT2D eigenvalue weighted by Gasteiger charge is 2.38. The predicted octanol–water partition coefficient (Wildman–Crippen LogP) is 5.89. The Bertz CT molecular complexity index is 1370. The van der Waals surface area contributed by atoms with Crippen molar-refractivity contribution in [3.05, 3.63) is 65.2 Å². The number of amides is 3. The Morgan fingerprint density at radius 2 is 1.43 bits per heavy atom. The minimum Gasteiger partial charge on any atom is -0.508 e. The minimum absolute atomic E-state index is 0.00671. The van der Waals surface area contributed by atoms with Crippen molar-refractivity contribution in [1.82, 2.24) is 15.5 Å². The molecule has 2 aromatic carbocycles. The molecule has 3 amide bonds. The molecule has 2 rings (SSSR count). The molecule has 3 atom stereocenters. The van der Waals surface area contributed by atoms with Crippen molar-refractivity contribution in [2.24, 2.45) is 0 Å². The monoisotopic (exact) mass is 683 g/mol. The largest absolute Gasteiger partial charge is 0.508 e. The third-order valence-electron chi connectivity index (χ3n) is 7.59. The molecule has 0 saturated heterocycles. The van der Waals surface area contributed by atoms with Gasteiger partial charge >= 0.3 is 12.1 Å². The first-order chi connectivity index (χ1) is 23.0. The molecule has 2 aromatic rings. The number of rotatable bonds is 17. The van der Waals surface area contributed by atoms with Crippen LogP contribution in [0.25, 0.3) is 0 Å². The maximum absolute atomic E-state index is 14.5. The van der Waals surface area contributed by atoms with Crippen molar-refractivity contribution < 1.29 is 38.9 Å². The zero-order valence-electron chi connectivity index (χ0n) is 30.5. The number of unbranched alkanes of at least 4 members (excludes halogenated alkanes) is 5. The number of hydrogen-bond donors (Lipinski definition) is 4. The lowest BCUT2D eigenvalue weighted by atomic mass is 9.98. The smallest absolute Gasteiger partial charge is 0.408 e. The first-order valence-electron chi connectivity index (χ1n) is 17.2. The summed E-state index contributed by atoms with van der Waals surface area (Å²) in [7, 11) is 0. The van der Waals surface area contributed by atoms with Crippen molar-refractivity contribution in [3.63, 3.8) is 0 Å². The second-order valence-corrected chi connectivity index (χ2v) is 14.4. The molecule has 0 fully saturated rings. The molecule has 0 aromatic heterocycles. The van der Waals surface area contributed by atoms with Gasteiger partial charge < -0.3 is 35.2 Å². The Morgan fingerprint density at radius 3 is 2.00 bits per heavy atom. The summed E-state index contributed by atoms with van der Waals surface area (Å²) in [5.74, 6) is -2.00. The van der Waals surface area contributed by atoms with E-state index in [4.69, 9.17) is 9.47 Å². The van der Waals surface area contributed by atoms with Crippen LogP contribution in [0.15, 0.2) is 48.5 Å². The standard InChI is InChI=1S/C38H57N3O8/c1-9-10-11-12-13-17-22-41(34(45)30(25-42)40-36(47)49-38(6,7)8)32(28-20-21-31(43)26(2)23-28)33(44)39-29(35(46)48-37(3,4)5)24-27-18-15-14-16-19-27/h14-16,18-21,23,29-30,32,42-43H,9-13,17,22,24-25H2,1-8H3,(H,39,44)(H,40,47). The molecule has 0 spiro atoms. The zero-order valence-corrected chi connectivity index (χ0v) is 30.5. The Kier molecular flexibility index (Phi) is 16.1. The molecule has 0 aliphatic rings. The van der Waals surface area contributed by atoms with E-state index < -0.39 is 59.8 Å². The Hall–Kier alpha value is -4.12. The molecule has 0 aliphatic heterocycles. The Balaban J connectivity index is 2.60. The number of carbonyl (C=O) groups excluding carboxylic acids is 4. The molecule has 11 heteroatoms. The zero-order chi connectivity index (χ0) is 36.8. The third-order valence-corrected chi connectivity index (χ3v) is 7.59. The number of phenols is 1. The van der Waals surface area contributed by atoms with Crippen molar-refractivity contribution in [2.75, 3.05) is 13.2 Å². The molecule has 0 aliphatic carbocycles. The van der Waals surface area contributed by atoms with Crippen LogP contribution in [0, 0.1) is 6.92 Å². The van der Waals surface area contributed by atoms with Gasteiger partial charge in [-0.25, -0.2) is 9.59 Å². The summed E-state index contributed by atoms with van der Waals surface area (Å²) in [6.45, 7) is 13.4. The average molecular weight is 684 g/mol. The number of nitrogens with one attached hydrogen (secondary N) is 2. The molecule has 0 bridgehead atoms. The summed E-state index contributed by atoms with van der Waals surface area (Å²) in [5.41, 5.74) is -0.0412. The van der Waals surface area contributed by atoms with E-state index in [-0.39, 0.29) is 18.7 Å². The molecule has 49 heavy (non-hydrogen) atoms. The fraction of sp³-hybridized carbons (Fsp3) is 0.579. The second-order valence-electron chi connectivity index (χ2n) is 14.4. The van der Waals surface area contributed by atoms with Crippen LogP contribution >= 0.6 is 0 Å². The highest BCUT2D eigenvalue weighted by Crippen LogP contribution is 2.28. The first-order valence-corrected chi connectivity index (χ1v) is 17.2. The molecule has 4 N–H and O–H groups in total. The lowest BCUT2D eigenvalue weighted by Crippen LogP contribution is -2.56. The van der Waals surface area contributed by atoms with Gasteiger partial charge in [-0.2, -0.15) is 0 Å². The van der Waals surface area contributed by atoms with E-state index in [0.29, 0.717) is 17.5 Å². The molecule has 272 valence electrons. The molecule has 0 saturated carbocycles. The second kappa shape index (κ2) is 19.2. The van der Waals surface area contributed by atoms with Gasteiger partial charge in [0.15, 0.2) is 0 Å². The van der Waals surface area contributed by atoms with E-state index in [0.717, 1.165) is 37.7 Å². The van der Waals surface area contributed by atoms with Crippen LogP contribution in [0.4, 0.5) is 4.79 Å². The number of aliphatic hydroxyl groups excluding tert-OH is 1. The minimum atomic E-state index is -1.42. The van der Waals surface area contributed by atoms with Crippen molar-refractivity contribution in [2.45, 2.75) is 130 Å². The molecule has 0 heterocycles. The summed E-state index contributed by atoms with van der Waals surface area (Å²) in [6.07, 6.45) is 4.68. The van der Waals surface area contributed by atoms with Crippen molar-refractivity contribution >= 4 is 23.9 Å². The number of esters is 1. The SMILES string of the molecule is CCCCCCCCN(C(=O)C(CO)NC(=O)OC(C)(C)C)C(C(=O)NC(Cc1ccccc1)C(=O)OC(C)(C)C)c1ccc(O)c(C)c1. The van der Waals surface area contributed by atoms with E-state index in [1.807, 2.05) is 30.3 Å². The lowest BCUT2D eigenvalue weighted by molar-refractivity contribution is -0.159. The van der Waals surface area contributed by atoms with Gasteiger partial charge in [-0.3, -0.25) is 9.59 Å². The van der Waals surface area contributed by atoms with Gasteiger partial charge in [-0.05, 0) is 83.7 Å². The van der Waals surface area contributed by atoms with Crippen LogP contribution < -0.4 is 10.6 Å². The summed E-state index contributed by atoms with van der Waals surface area (Å²) < 4.78 is 11.0. The van der Waals surface area contributed by atoms with Crippen LogP contribution in [0.1, 0.15) is 110 Å². The number of ether oxygens (including phenoxy) is 2. The molecular formula is C38H57N3O8. The molecular weight excluding hydrogens is 626 g/mol. The topological polar surface area (TPSA) is 154 Å². The number of alkyl carbamates (subject to hydrolysis) is 1. The summed E-state index contributed by atoms with van der Waals surface area (Å²) in [5, 5.41) is 26.0. The van der Waals surface area contributed by atoms with Gasteiger partial charge in [0, 0.05) is 13.0 Å². The summed E-state index contributed by atoms with van der Waals surface area (Å²) >= 11 is 0. The maximum atomic E-state index is 14.5. The van der Waals surface area contributed by atoms with Crippen LogP contribution in [-0.4, -0.2) is 75.4 Å². The quantitative estimate of drug-likeness (QED) is 0.119. The summed E-state index contributed by atoms with van der Waals surface area (Å²) in [4.78, 5) is 56.3. The van der Waals surface area contributed by atoms with E-state index in [9.17, 15) is 29.4 Å². The van der Waals surface area contributed by atoms with Gasteiger partial charge in [0.2, 0.25) is 11.8 Å². The Morgan fingerprint density at radius 1 is 0.816 bits per heavy atom. The van der Waals surface area contributed by atoms with Gasteiger partial charge in [0.1, 0.15) is 35.1 Å².